The Kier molecular flexibility index (Phi) is 4.13. The first-order valence-electron chi connectivity index (χ1n) is 6.48. The molecule has 1 amide bonds. The van der Waals surface area contributed by atoms with Gasteiger partial charge in [0.2, 0.25) is 5.91 Å². The number of halogens is 1. The average Bonchev–Trinajstić information content (AvgIpc) is 2.94. The number of nitrogens with one attached hydrogen (secondary N) is 1. The predicted molar refractivity (Wildman–Crippen MR) is 78.0 cm³/mol. The SMILES string of the molecule is CCn1ncc(NC(=O)C(C)n2ncc(Cl)c2C)c1C. The zero-order valence-corrected chi connectivity index (χ0v) is 12.8. The Balaban J connectivity index is 2.15. The number of aryl methyl sites for hydroxylation is 1. The summed E-state index contributed by atoms with van der Waals surface area (Å²) in [5, 5.41) is 11.8. The van der Waals surface area contributed by atoms with Crippen molar-refractivity contribution in [1.29, 1.82) is 0 Å². The van der Waals surface area contributed by atoms with E-state index >= 15 is 0 Å². The van der Waals surface area contributed by atoms with Crippen LogP contribution in [0.4, 0.5) is 5.69 Å². The summed E-state index contributed by atoms with van der Waals surface area (Å²) < 4.78 is 3.44. The molecule has 0 aliphatic carbocycles. The third kappa shape index (κ3) is 2.56. The number of amides is 1. The van der Waals surface area contributed by atoms with Crippen LogP contribution in [-0.4, -0.2) is 25.5 Å². The van der Waals surface area contributed by atoms with Gasteiger partial charge in [0.15, 0.2) is 0 Å². The molecule has 2 heterocycles. The van der Waals surface area contributed by atoms with Crippen LogP contribution in [0.1, 0.15) is 31.3 Å². The molecule has 0 spiro atoms. The third-order valence-corrected chi connectivity index (χ3v) is 3.76. The molecule has 1 unspecified atom stereocenters. The molecule has 2 aromatic rings. The summed E-state index contributed by atoms with van der Waals surface area (Å²) >= 11 is 5.96. The van der Waals surface area contributed by atoms with Crippen LogP contribution in [0.3, 0.4) is 0 Å². The van der Waals surface area contributed by atoms with E-state index in [1.165, 1.54) is 0 Å². The van der Waals surface area contributed by atoms with Crippen LogP contribution in [0.2, 0.25) is 5.02 Å². The number of carbonyl (C=O) groups is 1. The van der Waals surface area contributed by atoms with E-state index in [9.17, 15) is 4.79 Å². The van der Waals surface area contributed by atoms with Gasteiger partial charge in [-0.2, -0.15) is 10.2 Å². The summed E-state index contributed by atoms with van der Waals surface area (Å²) in [5.41, 5.74) is 2.43. The summed E-state index contributed by atoms with van der Waals surface area (Å²) in [7, 11) is 0. The fourth-order valence-corrected chi connectivity index (χ4v) is 2.16. The molecule has 1 atom stereocenters. The van der Waals surface area contributed by atoms with E-state index in [1.54, 1.807) is 24.0 Å². The quantitative estimate of drug-likeness (QED) is 0.943. The zero-order valence-electron chi connectivity index (χ0n) is 12.0. The number of carbonyl (C=O) groups excluding carboxylic acids is 1. The van der Waals surface area contributed by atoms with E-state index in [-0.39, 0.29) is 5.91 Å². The summed E-state index contributed by atoms with van der Waals surface area (Å²) in [6.07, 6.45) is 3.20. The lowest BCUT2D eigenvalue weighted by atomic mass is 10.3. The standard InChI is InChI=1S/C13H18ClN5O/c1-5-18-9(3)12(7-15-18)17-13(20)10(4)19-8(2)11(14)6-16-19/h6-7,10H,5H2,1-4H3,(H,17,20). The molecule has 0 aliphatic heterocycles. The Morgan fingerprint density at radius 2 is 2.05 bits per heavy atom. The van der Waals surface area contributed by atoms with Gasteiger partial charge in [-0.15, -0.1) is 0 Å². The van der Waals surface area contributed by atoms with Crippen LogP contribution in [0.15, 0.2) is 12.4 Å². The summed E-state index contributed by atoms with van der Waals surface area (Å²) in [6, 6.07) is -0.438. The Hall–Kier alpha value is -1.82. The van der Waals surface area contributed by atoms with Crippen LogP contribution in [-0.2, 0) is 11.3 Å². The highest BCUT2D eigenvalue weighted by Crippen LogP contribution is 2.20. The smallest absolute Gasteiger partial charge is 0.249 e. The third-order valence-electron chi connectivity index (χ3n) is 3.39. The monoisotopic (exact) mass is 295 g/mol. The van der Waals surface area contributed by atoms with Crippen molar-refractivity contribution in [1.82, 2.24) is 19.6 Å². The number of hydrogen-bond acceptors (Lipinski definition) is 3. The van der Waals surface area contributed by atoms with E-state index in [0.29, 0.717) is 5.02 Å². The fourth-order valence-electron chi connectivity index (χ4n) is 2.03. The molecule has 0 fully saturated rings. The van der Waals surface area contributed by atoms with Crippen molar-refractivity contribution < 1.29 is 4.79 Å². The Bertz CT molecular complexity index is 631. The molecule has 0 aliphatic rings. The molecule has 0 radical (unpaired) electrons. The number of aromatic nitrogens is 4. The first-order valence-corrected chi connectivity index (χ1v) is 6.86. The molecular formula is C13H18ClN5O. The number of rotatable bonds is 4. The second kappa shape index (κ2) is 5.66. The molecule has 2 rings (SSSR count). The van der Waals surface area contributed by atoms with Crippen molar-refractivity contribution in [3.8, 4) is 0 Å². The highest BCUT2D eigenvalue weighted by molar-refractivity contribution is 6.31. The largest absolute Gasteiger partial charge is 0.321 e. The van der Waals surface area contributed by atoms with Gasteiger partial charge in [0.25, 0.3) is 0 Å². The molecule has 0 bridgehead atoms. The molecule has 0 saturated heterocycles. The highest BCUT2D eigenvalue weighted by atomic mass is 35.5. The molecule has 0 saturated carbocycles. The Morgan fingerprint density at radius 1 is 1.35 bits per heavy atom. The summed E-state index contributed by atoms with van der Waals surface area (Å²) in [5.74, 6) is -0.147. The number of hydrogen-bond donors (Lipinski definition) is 1. The average molecular weight is 296 g/mol. The summed E-state index contributed by atoms with van der Waals surface area (Å²) in [4.78, 5) is 12.3. The first kappa shape index (κ1) is 14.6. The maximum atomic E-state index is 12.3. The molecule has 2 aromatic heterocycles. The molecule has 7 heteroatoms. The van der Waals surface area contributed by atoms with Gasteiger partial charge in [0, 0.05) is 6.54 Å². The van der Waals surface area contributed by atoms with Gasteiger partial charge in [0.05, 0.1) is 34.5 Å². The van der Waals surface area contributed by atoms with Crippen molar-refractivity contribution in [3.05, 3.63) is 28.8 Å². The van der Waals surface area contributed by atoms with Gasteiger partial charge in [0.1, 0.15) is 6.04 Å². The maximum absolute atomic E-state index is 12.3. The molecular weight excluding hydrogens is 278 g/mol. The minimum Gasteiger partial charge on any atom is -0.321 e. The normalized spacial score (nSPS) is 12.4. The second-order valence-electron chi connectivity index (χ2n) is 4.65. The van der Waals surface area contributed by atoms with Crippen molar-refractivity contribution >= 4 is 23.2 Å². The van der Waals surface area contributed by atoms with Crippen LogP contribution in [0.5, 0.6) is 0 Å². The molecule has 20 heavy (non-hydrogen) atoms. The molecule has 108 valence electrons. The Labute approximate surface area is 122 Å². The van der Waals surface area contributed by atoms with Crippen molar-refractivity contribution in [3.63, 3.8) is 0 Å². The van der Waals surface area contributed by atoms with Crippen LogP contribution < -0.4 is 5.32 Å². The van der Waals surface area contributed by atoms with Crippen molar-refractivity contribution in [2.75, 3.05) is 5.32 Å². The lowest BCUT2D eigenvalue weighted by Crippen LogP contribution is -2.25. The van der Waals surface area contributed by atoms with Crippen molar-refractivity contribution in [2.24, 2.45) is 0 Å². The molecule has 1 N–H and O–H groups in total. The van der Waals surface area contributed by atoms with Crippen LogP contribution >= 0.6 is 11.6 Å². The Morgan fingerprint density at radius 3 is 2.55 bits per heavy atom. The topological polar surface area (TPSA) is 64.7 Å². The van der Waals surface area contributed by atoms with Crippen LogP contribution in [0.25, 0.3) is 0 Å². The first-order chi connectivity index (χ1) is 9.45. The number of anilines is 1. The fraction of sp³-hybridized carbons (Fsp3) is 0.462. The second-order valence-corrected chi connectivity index (χ2v) is 5.05. The minimum atomic E-state index is -0.438. The number of nitrogens with zero attached hydrogens (tertiary/aromatic N) is 4. The van der Waals surface area contributed by atoms with E-state index in [2.05, 4.69) is 15.5 Å². The van der Waals surface area contributed by atoms with E-state index in [4.69, 9.17) is 11.6 Å². The zero-order chi connectivity index (χ0) is 14.9. The maximum Gasteiger partial charge on any atom is 0.249 e. The van der Waals surface area contributed by atoms with Gasteiger partial charge >= 0.3 is 0 Å². The van der Waals surface area contributed by atoms with Crippen LogP contribution in [0, 0.1) is 13.8 Å². The van der Waals surface area contributed by atoms with E-state index in [0.717, 1.165) is 23.6 Å². The highest BCUT2D eigenvalue weighted by Gasteiger charge is 2.20. The molecule has 0 aromatic carbocycles. The van der Waals surface area contributed by atoms with E-state index < -0.39 is 6.04 Å². The predicted octanol–water partition coefficient (Wildman–Crippen LogP) is 2.57. The lowest BCUT2D eigenvalue weighted by molar-refractivity contribution is -0.119. The summed E-state index contributed by atoms with van der Waals surface area (Å²) in [6.45, 7) is 8.31. The minimum absolute atomic E-state index is 0.147. The van der Waals surface area contributed by atoms with Gasteiger partial charge < -0.3 is 5.32 Å². The van der Waals surface area contributed by atoms with Gasteiger partial charge in [-0.05, 0) is 27.7 Å². The van der Waals surface area contributed by atoms with Gasteiger partial charge in [-0.25, -0.2) is 0 Å². The van der Waals surface area contributed by atoms with Gasteiger partial charge in [-0.3, -0.25) is 14.2 Å². The van der Waals surface area contributed by atoms with E-state index in [1.807, 2.05) is 25.5 Å². The lowest BCUT2D eigenvalue weighted by Gasteiger charge is -2.14. The van der Waals surface area contributed by atoms with Crippen molar-refractivity contribution in [2.45, 2.75) is 40.3 Å². The van der Waals surface area contributed by atoms with Gasteiger partial charge in [-0.1, -0.05) is 11.6 Å². The molecule has 6 nitrogen and oxygen atoms in total.